The van der Waals surface area contributed by atoms with Crippen molar-refractivity contribution in [3.8, 4) is 11.5 Å². The molecule has 0 spiro atoms. The Balaban J connectivity index is 1.56. The summed E-state index contributed by atoms with van der Waals surface area (Å²) in [5.74, 6) is 1.14. The van der Waals surface area contributed by atoms with Crippen molar-refractivity contribution in [3.63, 3.8) is 0 Å². The summed E-state index contributed by atoms with van der Waals surface area (Å²) in [6.45, 7) is 1.92. The molecule has 0 unspecified atom stereocenters. The van der Waals surface area contributed by atoms with E-state index in [2.05, 4.69) is 0 Å². The van der Waals surface area contributed by atoms with Crippen LogP contribution in [0.15, 0.2) is 60.7 Å². The number of fused-ring (bicyclic) bond motifs is 1. The minimum Gasteiger partial charge on any atom is -0.457 e. The first-order valence-corrected chi connectivity index (χ1v) is 9.22. The van der Waals surface area contributed by atoms with Gasteiger partial charge in [-0.3, -0.25) is 4.79 Å². The summed E-state index contributed by atoms with van der Waals surface area (Å²) in [4.78, 5) is 14.3. The van der Waals surface area contributed by atoms with Gasteiger partial charge in [0.25, 0.3) is 5.91 Å². The molecule has 1 aliphatic rings. The lowest BCUT2D eigenvalue weighted by Gasteiger charge is -2.38. The largest absolute Gasteiger partial charge is 0.457 e. The molecule has 0 aliphatic carbocycles. The van der Waals surface area contributed by atoms with Crippen LogP contribution >= 0.6 is 0 Å². The van der Waals surface area contributed by atoms with Crippen molar-refractivity contribution in [2.75, 3.05) is 19.6 Å². The number of halogens is 3. The van der Waals surface area contributed by atoms with Crippen LogP contribution in [0.1, 0.15) is 15.9 Å². The highest BCUT2D eigenvalue weighted by Crippen LogP contribution is 2.34. The number of likely N-dealkylation sites (tertiary alicyclic amines) is 1. The maximum atomic E-state index is 12.7. The van der Waals surface area contributed by atoms with E-state index >= 15 is 0 Å². The van der Waals surface area contributed by atoms with Crippen molar-refractivity contribution in [1.29, 1.82) is 0 Å². The number of benzene rings is 3. The fourth-order valence-electron chi connectivity index (χ4n) is 3.38. The topological polar surface area (TPSA) is 55.6 Å². The molecule has 150 valence electrons. The number of ether oxygens (including phenoxy) is 1. The molecule has 4 rings (SSSR count). The van der Waals surface area contributed by atoms with Crippen LogP contribution in [0.2, 0.25) is 0 Å². The highest BCUT2D eigenvalue weighted by atomic mass is 19.4. The molecule has 0 aromatic heterocycles. The van der Waals surface area contributed by atoms with Gasteiger partial charge in [-0.2, -0.15) is 13.2 Å². The highest BCUT2D eigenvalue weighted by Gasteiger charge is 2.31. The van der Waals surface area contributed by atoms with Crippen LogP contribution in [-0.4, -0.2) is 30.4 Å². The van der Waals surface area contributed by atoms with Gasteiger partial charge in [-0.15, -0.1) is 0 Å². The smallest absolute Gasteiger partial charge is 0.416 e. The zero-order chi connectivity index (χ0) is 20.6. The minimum atomic E-state index is -4.39. The molecular formula is C22H19F3N2O2. The summed E-state index contributed by atoms with van der Waals surface area (Å²) in [7, 11) is 0. The van der Waals surface area contributed by atoms with Gasteiger partial charge in [0.15, 0.2) is 0 Å². The summed E-state index contributed by atoms with van der Waals surface area (Å²) in [6, 6.07) is 15.3. The lowest BCUT2D eigenvalue weighted by Crippen LogP contribution is -2.52. The normalized spacial score (nSPS) is 14.7. The molecule has 0 saturated carbocycles. The lowest BCUT2D eigenvalue weighted by molar-refractivity contribution is -0.137. The summed E-state index contributed by atoms with van der Waals surface area (Å²) in [6.07, 6.45) is -4.39. The first-order valence-electron chi connectivity index (χ1n) is 9.22. The Morgan fingerprint density at radius 3 is 2.45 bits per heavy atom. The van der Waals surface area contributed by atoms with Gasteiger partial charge in [-0.05, 0) is 60.5 Å². The van der Waals surface area contributed by atoms with E-state index < -0.39 is 11.7 Å². The van der Waals surface area contributed by atoms with Gasteiger partial charge in [0.1, 0.15) is 11.5 Å². The number of amides is 1. The summed E-state index contributed by atoms with van der Waals surface area (Å²) in [5.41, 5.74) is 5.47. The fraction of sp³-hybridized carbons (Fsp3) is 0.227. The van der Waals surface area contributed by atoms with Crippen LogP contribution in [-0.2, 0) is 6.18 Å². The number of carbonyl (C=O) groups is 1. The first-order chi connectivity index (χ1) is 13.8. The molecule has 1 fully saturated rings. The standard InChI is InChI=1S/C22H19F3N2O2/c23-22(24,25)17-5-7-18(8-6-17)29-20-3-1-2-15-10-16(4-9-19(15)20)21(28)27-12-14(11-26)13-27/h1-10,14H,11-13,26H2. The second-order valence-corrected chi connectivity index (χ2v) is 7.13. The lowest BCUT2D eigenvalue weighted by atomic mass is 9.98. The molecule has 1 heterocycles. The number of alkyl halides is 3. The van der Waals surface area contributed by atoms with Gasteiger partial charge < -0.3 is 15.4 Å². The number of rotatable bonds is 4. The van der Waals surface area contributed by atoms with E-state index in [9.17, 15) is 18.0 Å². The van der Waals surface area contributed by atoms with E-state index in [1.165, 1.54) is 12.1 Å². The molecule has 1 saturated heterocycles. The molecular weight excluding hydrogens is 381 g/mol. The molecule has 2 N–H and O–H groups in total. The van der Waals surface area contributed by atoms with Crippen LogP contribution in [0.3, 0.4) is 0 Å². The van der Waals surface area contributed by atoms with Crippen molar-refractivity contribution >= 4 is 16.7 Å². The monoisotopic (exact) mass is 400 g/mol. The average Bonchev–Trinajstić information content (AvgIpc) is 2.66. The number of hydrogen-bond donors (Lipinski definition) is 1. The van der Waals surface area contributed by atoms with Crippen molar-refractivity contribution < 1.29 is 22.7 Å². The SMILES string of the molecule is NCC1CN(C(=O)c2ccc3c(Oc4ccc(C(F)(F)F)cc4)cccc3c2)C1. The predicted molar refractivity (Wildman–Crippen MR) is 104 cm³/mol. The van der Waals surface area contributed by atoms with Gasteiger partial charge in [-0.25, -0.2) is 0 Å². The number of hydrogen-bond acceptors (Lipinski definition) is 3. The van der Waals surface area contributed by atoms with E-state index in [1.807, 2.05) is 6.07 Å². The zero-order valence-corrected chi connectivity index (χ0v) is 15.4. The Hall–Kier alpha value is -3.06. The molecule has 4 nitrogen and oxygen atoms in total. The van der Waals surface area contributed by atoms with Gasteiger partial charge in [0.05, 0.1) is 5.56 Å². The zero-order valence-electron chi connectivity index (χ0n) is 15.4. The van der Waals surface area contributed by atoms with Crippen molar-refractivity contribution in [2.24, 2.45) is 11.7 Å². The Bertz CT molecular complexity index is 1040. The summed E-state index contributed by atoms with van der Waals surface area (Å²) >= 11 is 0. The van der Waals surface area contributed by atoms with Crippen LogP contribution < -0.4 is 10.5 Å². The molecule has 0 atom stereocenters. The number of carbonyl (C=O) groups excluding carboxylic acids is 1. The van der Waals surface area contributed by atoms with Gasteiger partial charge >= 0.3 is 6.18 Å². The maximum Gasteiger partial charge on any atom is 0.416 e. The molecule has 1 aliphatic heterocycles. The van der Waals surface area contributed by atoms with Crippen molar-refractivity contribution in [1.82, 2.24) is 4.90 Å². The third kappa shape index (κ3) is 3.91. The third-order valence-corrected chi connectivity index (χ3v) is 5.07. The quantitative estimate of drug-likeness (QED) is 0.692. The number of nitrogens with zero attached hydrogens (tertiary/aromatic N) is 1. The van der Waals surface area contributed by atoms with Gasteiger partial charge in [-0.1, -0.05) is 12.1 Å². The second kappa shape index (κ2) is 7.40. The van der Waals surface area contributed by atoms with E-state index in [0.717, 1.165) is 22.9 Å². The summed E-state index contributed by atoms with van der Waals surface area (Å²) < 4.78 is 43.9. The average molecular weight is 400 g/mol. The first kappa shape index (κ1) is 19.3. The van der Waals surface area contributed by atoms with Crippen LogP contribution in [0.4, 0.5) is 13.2 Å². The van der Waals surface area contributed by atoms with Crippen molar-refractivity contribution in [2.45, 2.75) is 6.18 Å². The maximum absolute atomic E-state index is 12.7. The van der Waals surface area contributed by atoms with E-state index in [1.54, 1.807) is 35.2 Å². The fourth-order valence-corrected chi connectivity index (χ4v) is 3.38. The van der Waals surface area contributed by atoms with E-state index in [0.29, 0.717) is 42.6 Å². The van der Waals surface area contributed by atoms with Gasteiger partial charge in [0.2, 0.25) is 0 Å². The Morgan fingerprint density at radius 2 is 1.79 bits per heavy atom. The van der Waals surface area contributed by atoms with Crippen LogP contribution in [0.5, 0.6) is 11.5 Å². The van der Waals surface area contributed by atoms with Gasteiger partial charge in [0, 0.05) is 30.0 Å². The van der Waals surface area contributed by atoms with Crippen LogP contribution in [0.25, 0.3) is 10.8 Å². The van der Waals surface area contributed by atoms with Crippen molar-refractivity contribution in [3.05, 3.63) is 71.8 Å². The van der Waals surface area contributed by atoms with E-state index in [-0.39, 0.29) is 5.91 Å². The summed E-state index contributed by atoms with van der Waals surface area (Å²) in [5, 5.41) is 1.59. The Labute approximate surface area is 165 Å². The molecule has 0 bridgehead atoms. The molecule has 3 aromatic rings. The Morgan fingerprint density at radius 1 is 1.07 bits per heavy atom. The second-order valence-electron chi connectivity index (χ2n) is 7.13. The molecule has 0 radical (unpaired) electrons. The minimum absolute atomic E-state index is 0.0364. The number of nitrogens with two attached hydrogens (primary N) is 1. The third-order valence-electron chi connectivity index (χ3n) is 5.07. The van der Waals surface area contributed by atoms with E-state index in [4.69, 9.17) is 10.5 Å². The van der Waals surface area contributed by atoms with Crippen LogP contribution in [0, 0.1) is 5.92 Å². The molecule has 3 aromatic carbocycles. The highest BCUT2D eigenvalue weighted by molar-refractivity contribution is 6.00. The predicted octanol–water partition coefficient (Wildman–Crippen LogP) is 4.68. The molecule has 7 heteroatoms. The molecule has 29 heavy (non-hydrogen) atoms. The molecule has 1 amide bonds. The Kier molecular flexibility index (Phi) is 4.92.